The first kappa shape index (κ1) is 18.0. The van der Waals surface area contributed by atoms with E-state index in [2.05, 4.69) is 31.7 Å². The normalized spacial score (nSPS) is 10.4. The van der Waals surface area contributed by atoms with Gasteiger partial charge in [-0.3, -0.25) is 0 Å². The van der Waals surface area contributed by atoms with Gasteiger partial charge in [0.15, 0.2) is 0 Å². The lowest BCUT2D eigenvalue weighted by atomic mass is 9.95. The van der Waals surface area contributed by atoms with Crippen LogP contribution in [0, 0.1) is 0 Å². The smallest absolute Gasteiger partial charge is 0.330 e. The zero-order valence-electron chi connectivity index (χ0n) is 14.1. The molecule has 2 rings (SSSR count). The number of ether oxygens (including phenoxy) is 1. The standard InChI is InChI=1S/C21H24O3/c1-3-5-17-8-11-20(19(14-17)15-24-21(23)4-2)18-9-6-16(7-10-18)12-13-22/h4,6-11,14,22H,2-3,5,12-13,15H2,1H3. The number of benzene rings is 2. The second-order valence-electron chi connectivity index (χ2n) is 5.72. The summed E-state index contributed by atoms with van der Waals surface area (Å²) in [7, 11) is 0. The average Bonchev–Trinajstić information content (AvgIpc) is 2.61. The van der Waals surface area contributed by atoms with Crippen LogP contribution in [0.4, 0.5) is 0 Å². The highest BCUT2D eigenvalue weighted by Crippen LogP contribution is 2.26. The van der Waals surface area contributed by atoms with E-state index < -0.39 is 5.97 Å². The van der Waals surface area contributed by atoms with Crippen molar-refractivity contribution >= 4 is 5.97 Å². The predicted octanol–water partition coefficient (Wildman–Crippen LogP) is 4.07. The Balaban J connectivity index is 2.32. The van der Waals surface area contributed by atoms with Crippen molar-refractivity contribution in [3.05, 3.63) is 71.8 Å². The third-order valence-electron chi connectivity index (χ3n) is 3.91. The molecule has 1 N–H and O–H groups in total. The second kappa shape index (κ2) is 9.04. The minimum atomic E-state index is -0.417. The van der Waals surface area contributed by atoms with Crippen LogP contribution in [0.15, 0.2) is 55.1 Å². The molecule has 126 valence electrons. The van der Waals surface area contributed by atoms with E-state index in [-0.39, 0.29) is 13.2 Å². The van der Waals surface area contributed by atoms with Gasteiger partial charge < -0.3 is 9.84 Å². The summed E-state index contributed by atoms with van der Waals surface area (Å²) >= 11 is 0. The van der Waals surface area contributed by atoms with Crippen LogP contribution in [-0.2, 0) is 29.0 Å². The summed E-state index contributed by atoms with van der Waals surface area (Å²) in [6.07, 6.45) is 3.90. The number of hydrogen-bond donors (Lipinski definition) is 1. The Labute approximate surface area is 143 Å². The van der Waals surface area contributed by atoms with Crippen LogP contribution in [0.3, 0.4) is 0 Å². The van der Waals surface area contributed by atoms with Crippen LogP contribution < -0.4 is 0 Å². The van der Waals surface area contributed by atoms with E-state index >= 15 is 0 Å². The second-order valence-corrected chi connectivity index (χ2v) is 5.72. The summed E-state index contributed by atoms with van der Waals surface area (Å²) in [6, 6.07) is 14.4. The molecule has 3 heteroatoms. The van der Waals surface area contributed by atoms with E-state index in [4.69, 9.17) is 9.84 Å². The molecule has 0 aliphatic heterocycles. The Kier molecular flexibility index (Phi) is 6.76. The van der Waals surface area contributed by atoms with Crippen LogP contribution in [0.25, 0.3) is 11.1 Å². The molecule has 24 heavy (non-hydrogen) atoms. The van der Waals surface area contributed by atoms with Crippen LogP contribution >= 0.6 is 0 Å². The van der Waals surface area contributed by atoms with Crippen molar-refractivity contribution in [2.45, 2.75) is 32.8 Å². The number of aryl methyl sites for hydroxylation is 1. The maximum Gasteiger partial charge on any atom is 0.330 e. The zero-order chi connectivity index (χ0) is 17.4. The van der Waals surface area contributed by atoms with Crippen molar-refractivity contribution in [1.82, 2.24) is 0 Å². The van der Waals surface area contributed by atoms with Crippen molar-refractivity contribution in [2.75, 3.05) is 6.61 Å². The lowest BCUT2D eigenvalue weighted by Crippen LogP contribution is -2.02. The van der Waals surface area contributed by atoms with Crippen molar-refractivity contribution in [3.8, 4) is 11.1 Å². The SMILES string of the molecule is C=CC(=O)OCc1cc(CCC)ccc1-c1ccc(CCO)cc1. The Bertz CT molecular complexity index is 687. The molecule has 0 saturated carbocycles. The lowest BCUT2D eigenvalue weighted by molar-refractivity contribution is -0.138. The monoisotopic (exact) mass is 324 g/mol. The quantitative estimate of drug-likeness (QED) is 0.588. The maximum atomic E-state index is 11.4. The molecule has 0 aliphatic carbocycles. The van der Waals surface area contributed by atoms with E-state index in [0.29, 0.717) is 6.42 Å². The maximum absolute atomic E-state index is 11.4. The molecule has 2 aromatic carbocycles. The molecule has 0 unspecified atom stereocenters. The van der Waals surface area contributed by atoms with Crippen molar-refractivity contribution in [2.24, 2.45) is 0 Å². The molecule has 0 fully saturated rings. The first-order valence-electron chi connectivity index (χ1n) is 8.29. The van der Waals surface area contributed by atoms with Crippen LogP contribution in [0.5, 0.6) is 0 Å². The number of hydrogen-bond acceptors (Lipinski definition) is 3. The van der Waals surface area contributed by atoms with Crippen molar-refractivity contribution < 1.29 is 14.6 Å². The summed E-state index contributed by atoms with van der Waals surface area (Å²) in [5.74, 6) is -0.417. The minimum absolute atomic E-state index is 0.147. The largest absolute Gasteiger partial charge is 0.458 e. The number of aliphatic hydroxyl groups is 1. The Morgan fingerprint density at radius 2 is 1.83 bits per heavy atom. The fraction of sp³-hybridized carbons (Fsp3) is 0.286. The molecule has 0 spiro atoms. The van der Waals surface area contributed by atoms with Gasteiger partial charge in [-0.05, 0) is 40.7 Å². The van der Waals surface area contributed by atoms with E-state index in [1.165, 1.54) is 11.6 Å². The molecule has 0 saturated heterocycles. The van der Waals surface area contributed by atoms with Gasteiger partial charge >= 0.3 is 5.97 Å². The molecule has 0 bridgehead atoms. The highest BCUT2D eigenvalue weighted by molar-refractivity contribution is 5.81. The fourth-order valence-corrected chi connectivity index (χ4v) is 2.68. The summed E-state index contributed by atoms with van der Waals surface area (Å²) in [5, 5.41) is 9.02. The molecule has 0 radical (unpaired) electrons. The highest BCUT2D eigenvalue weighted by atomic mass is 16.5. The third-order valence-corrected chi connectivity index (χ3v) is 3.91. The number of rotatable bonds is 8. The van der Waals surface area contributed by atoms with E-state index in [1.807, 2.05) is 24.3 Å². The van der Waals surface area contributed by atoms with Gasteiger partial charge in [-0.15, -0.1) is 0 Å². The summed E-state index contributed by atoms with van der Waals surface area (Å²) in [4.78, 5) is 11.4. The molecular formula is C21H24O3. The minimum Gasteiger partial charge on any atom is -0.458 e. The van der Waals surface area contributed by atoms with Crippen LogP contribution in [0.1, 0.15) is 30.0 Å². The number of aliphatic hydroxyl groups excluding tert-OH is 1. The molecule has 2 aromatic rings. The van der Waals surface area contributed by atoms with Crippen molar-refractivity contribution in [3.63, 3.8) is 0 Å². The molecule has 0 aliphatic rings. The number of esters is 1. The van der Waals surface area contributed by atoms with Crippen LogP contribution in [-0.4, -0.2) is 17.7 Å². The van der Waals surface area contributed by atoms with Gasteiger partial charge in [-0.1, -0.05) is 62.4 Å². The zero-order valence-corrected chi connectivity index (χ0v) is 14.1. The fourth-order valence-electron chi connectivity index (χ4n) is 2.68. The van der Waals surface area contributed by atoms with Gasteiger partial charge in [0.05, 0.1) is 0 Å². The van der Waals surface area contributed by atoms with Gasteiger partial charge in [0.25, 0.3) is 0 Å². The van der Waals surface area contributed by atoms with Gasteiger partial charge in [-0.2, -0.15) is 0 Å². The highest BCUT2D eigenvalue weighted by Gasteiger charge is 2.09. The number of carbonyl (C=O) groups excluding carboxylic acids is 1. The van der Waals surface area contributed by atoms with Gasteiger partial charge in [0, 0.05) is 12.7 Å². The van der Waals surface area contributed by atoms with E-state index in [0.717, 1.165) is 35.1 Å². The van der Waals surface area contributed by atoms with E-state index in [9.17, 15) is 4.79 Å². The Morgan fingerprint density at radius 3 is 2.46 bits per heavy atom. The summed E-state index contributed by atoms with van der Waals surface area (Å²) in [5.41, 5.74) is 5.46. The van der Waals surface area contributed by atoms with Gasteiger partial charge in [0.1, 0.15) is 6.61 Å². The molecule has 0 aromatic heterocycles. The third kappa shape index (κ3) is 4.80. The lowest BCUT2D eigenvalue weighted by Gasteiger charge is -2.13. The average molecular weight is 324 g/mol. The first-order chi connectivity index (χ1) is 11.7. The molecule has 0 heterocycles. The molecular weight excluding hydrogens is 300 g/mol. The molecule has 0 atom stereocenters. The van der Waals surface area contributed by atoms with E-state index in [1.54, 1.807) is 0 Å². The molecule has 0 amide bonds. The predicted molar refractivity (Wildman–Crippen MR) is 96.7 cm³/mol. The Morgan fingerprint density at radius 1 is 1.12 bits per heavy atom. The van der Waals surface area contributed by atoms with Gasteiger partial charge in [0.2, 0.25) is 0 Å². The topological polar surface area (TPSA) is 46.5 Å². The van der Waals surface area contributed by atoms with Crippen molar-refractivity contribution in [1.29, 1.82) is 0 Å². The first-order valence-corrected chi connectivity index (χ1v) is 8.29. The summed E-state index contributed by atoms with van der Waals surface area (Å²) in [6.45, 7) is 5.96. The van der Waals surface area contributed by atoms with Crippen LogP contribution in [0.2, 0.25) is 0 Å². The molecule has 3 nitrogen and oxygen atoms in total. The number of carbonyl (C=O) groups is 1. The Hall–Kier alpha value is -2.39. The summed E-state index contributed by atoms with van der Waals surface area (Å²) < 4.78 is 5.24. The van der Waals surface area contributed by atoms with Gasteiger partial charge in [-0.25, -0.2) is 4.79 Å².